The Hall–Kier alpha value is -1.65. The summed E-state index contributed by atoms with van der Waals surface area (Å²) in [7, 11) is 0. The molecule has 1 aliphatic rings. The second kappa shape index (κ2) is 8.51. The molecule has 0 aliphatic carbocycles. The largest absolute Gasteiger partial charge is 0.481 e. The first-order valence-electron chi connectivity index (χ1n) is 6.78. The number of carbonyl (C=O) groups excluding carboxylic acids is 1. The number of aliphatic carboxylic acids is 1. The average Bonchev–Trinajstić information content (AvgIpc) is 2.88. The van der Waals surface area contributed by atoms with E-state index in [-0.39, 0.29) is 31.5 Å². The van der Waals surface area contributed by atoms with Crippen molar-refractivity contribution >= 4 is 11.9 Å². The Morgan fingerprint density at radius 2 is 2.25 bits per heavy atom. The number of hydrogen-bond acceptors (Lipinski definition) is 5. The number of carboxylic acids is 1. The molecule has 1 saturated heterocycles. The molecule has 2 unspecified atom stereocenters. The molecule has 7 heteroatoms. The normalized spacial score (nSPS) is 21.6. The lowest BCUT2D eigenvalue weighted by molar-refractivity contribution is -0.143. The van der Waals surface area contributed by atoms with E-state index >= 15 is 0 Å². The summed E-state index contributed by atoms with van der Waals surface area (Å²) in [6.07, 6.45) is 1.10. The maximum absolute atomic E-state index is 11.8. The van der Waals surface area contributed by atoms with Gasteiger partial charge in [-0.25, -0.2) is 0 Å². The lowest BCUT2D eigenvalue weighted by atomic mass is 10.0. The van der Waals surface area contributed by atoms with Gasteiger partial charge in [-0.05, 0) is 13.0 Å². The number of nitrogens with zero attached hydrogens (tertiary/aromatic N) is 2. The van der Waals surface area contributed by atoms with E-state index < -0.39 is 11.9 Å². The Labute approximate surface area is 118 Å². The van der Waals surface area contributed by atoms with Crippen molar-refractivity contribution in [3.8, 4) is 6.07 Å². The summed E-state index contributed by atoms with van der Waals surface area (Å²) in [5.41, 5.74) is 0. The van der Waals surface area contributed by atoms with E-state index in [0.29, 0.717) is 19.7 Å². The Balaban J connectivity index is 2.57. The molecule has 0 aromatic heterocycles. The molecule has 1 rings (SSSR count). The van der Waals surface area contributed by atoms with Crippen molar-refractivity contribution in [1.29, 1.82) is 5.26 Å². The molecule has 0 radical (unpaired) electrons. The minimum atomic E-state index is -0.890. The van der Waals surface area contributed by atoms with E-state index in [1.807, 2.05) is 17.9 Å². The number of nitriles is 1. The minimum Gasteiger partial charge on any atom is -0.481 e. The zero-order valence-electron chi connectivity index (χ0n) is 11.7. The first kappa shape index (κ1) is 16.4. The lowest BCUT2D eigenvalue weighted by Crippen LogP contribution is -2.48. The van der Waals surface area contributed by atoms with Crippen LogP contribution in [0.2, 0.25) is 0 Å². The molecule has 7 nitrogen and oxygen atoms in total. The molecule has 0 saturated carbocycles. The van der Waals surface area contributed by atoms with Gasteiger partial charge in [-0.1, -0.05) is 6.92 Å². The van der Waals surface area contributed by atoms with Crippen LogP contribution in [0.1, 0.15) is 19.8 Å². The second-order valence-electron chi connectivity index (χ2n) is 4.78. The van der Waals surface area contributed by atoms with Gasteiger partial charge in [0.05, 0.1) is 38.2 Å². The monoisotopic (exact) mass is 283 g/mol. The van der Waals surface area contributed by atoms with Crippen molar-refractivity contribution in [3.05, 3.63) is 0 Å². The Bertz CT molecular complexity index is 380. The van der Waals surface area contributed by atoms with Crippen molar-refractivity contribution in [2.75, 3.05) is 32.8 Å². The Morgan fingerprint density at radius 1 is 1.50 bits per heavy atom. The Morgan fingerprint density at radius 3 is 2.85 bits per heavy atom. The molecule has 1 aliphatic heterocycles. The lowest BCUT2D eigenvalue weighted by Gasteiger charge is -2.29. The van der Waals surface area contributed by atoms with Crippen LogP contribution >= 0.6 is 0 Å². The smallest absolute Gasteiger partial charge is 0.310 e. The van der Waals surface area contributed by atoms with Gasteiger partial charge in [0.15, 0.2) is 0 Å². The van der Waals surface area contributed by atoms with E-state index in [9.17, 15) is 9.59 Å². The molecule has 1 fully saturated rings. The highest BCUT2D eigenvalue weighted by Crippen LogP contribution is 2.20. The average molecular weight is 283 g/mol. The zero-order valence-corrected chi connectivity index (χ0v) is 11.7. The molecule has 112 valence electrons. The van der Waals surface area contributed by atoms with E-state index in [0.717, 1.165) is 6.42 Å². The van der Waals surface area contributed by atoms with Crippen LogP contribution < -0.4 is 5.32 Å². The van der Waals surface area contributed by atoms with E-state index in [1.165, 1.54) is 0 Å². The first-order chi connectivity index (χ1) is 9.60. The summed E-state index contributed by atoms with van der Waals surface area (Å²) >= 11 is 0. The molecule has 2 N–H and O–H groups in total. The number of rotatable bonds is 8. The van der Waals surface area contributed by atoms with Gasteiger partial charge in [0.25, 0.3) is 0 Å². The SMILES string of the molecule is CCCN(CC(=O)NCCC#N)C1COCC1C(=O)O. The number of amides is 1. The summed E-state index contributed by atoms with van der Waals surface area (Å²) in [6, 6.07) is 1.68. The van der Waals surface area contributed by atoms with E-state index in [4.69, 9.17) is 15.1 Å². The minimum absolute atomic E-state index is 0.136. The van der Waals surface area contributed by atoms with E-state index in [1.54, 1.807) is 0 Å². The van der Waals surface area contributed by atoms with Crippen molar-refractivity contribution in [2.45, 2.75) is 25.8 Å². The van der Waals surface area contributed by atoms with Gasteiger partial charge in [0.2, 0.25) is 5.91 Å². The second-order valence-corrected chi connectivity index (χ2v) is 4.78. The number of hydrogen-bond donors (Lipinski definition) is 2. The van der Waals surface area contributed by atoms with Crippen LogP contribution in [0.5, 0.6) is 0 Å². The first-order valence-corrected chi connectivity index (χ1v) is 6.78. The van der Waals surface area contributed by atoms with Crippen LogP contribution in [0, 0.1) is 17.2 Å². The van der Waals surface area contributed by atoms with Crippen molar-refractivity contribution in [2.24, 2.45) is 5.92 Å². The molecule has 0 spiro atoms. The zero-order chi connectivity index (χ0) is 15.0. The molecular weight excluding hydrogens is 262 g/mol. The van der Waals surface area contributed by atoms with Gasteiger partial charge in [-0.2, -0.15) is 5.26 Å². The predicted molar refractivity (Wildman–Crippen MR) is 70.8 cm³/mol. The standard InChI is InChI=1S/C13H21N3O4/c1-2-6-16(7-12(17)15-5-3-4-14)11-9-20-8-10(11)13(18)19/h10-11H,2-3,5-9H2,1H3,(H,15,17)(H,18,19). The molecule has 0 aromatic carbocycles. The topological polar surface area (TPSA) is 103 Å². The maximum Gasteiger partial charge on any atom is 0.310 e. The number of ether oxygens (including phenoxy) is 1. The van der Waals surface area contributed by atoms with Gasteiger partial charge in [-0.3, -0.25) is 14.5 Å². The van der Waals surface area contributed by atoms with Crippen molar-refractivity contribution in [3.63, 3.8) is 0 Å². The molecular formula is C13H21N3O4. The molecule has 2 atom stereocenters. The third-order valence-corrected chi connectivity index (χ3v) is 3.25. The summed E-state index contributed by atoms with van der Waals surface area (Å²) < 4.78 is 5.24. The van der Waals surface area contributed by atoms with Gasteiger partial charge in [0.1, 0.15) is 0 Å². The summed E-state index contributed by atoms with van der Waals surface area (Å²) in [6.45, 7) is 3.60. The van der Waals surface area contributed by atoms with E-state index in [2.05, 4.69) is 5.32 Å². The highest BCUT2D eigenvalue weighted by atomic mass is 16.5. The fraction of sp³-hybridized carbons (Fsp3) is 0.769. The highest BCUT2D eigenvalue weighted by molar-refractivity contribution is 5.78. The van der Waals surface area contributed by atoms with Crippen LogP contribution in [-0.4, -0.2) is 60.8 Å². The molecule has 0 bridgehead atoms. The quantitative estimate of drug-likeness (QED) is 0.599. The summed E-state index contributed by atoms with van der Waals surface area (Å²) in [5.74, 6) is -1.67. The van der Waals surface area contributed by atoms with Crippen LogP contribution in [0.25, 0.3) is 0 Å². The van der Waals surface area contributed by atoms with Crippen LogP contribution in [0.4, 0.5) is 0 Å². The van der Waals surface area contributed by atoms with Crippen LogP contribution in [0.15, 0.2) is 0 Å². The van der Waals surface area contributed by atoms with Crippen molar-refractivity contribution in [1.82, 2.24) is 10.2 Å². The fourth-order valence-corrected chi connectivity index (χ4v) is 2.29. The summed E-state index contributed by atoms with van der Waals surface area (Å²) in [4.78, 5) is 24.8. The molecule has 0 aromatic rings. The van der Waals surface area contributed by atoms with Gasteiger partial charge >= 0.3 is 5.97 Å². The number of carbonyl (C=O) groups is 2. The highest BCUT2D eigenvalue weighted by Gasteiger charge is 2.38. The molecule has 20 heavy (non-hydrogen) atoms. The third kappa shape index (κ3) is 4.79. The number of carboxylic acid groups (broad SMARTS) is 1. The predicted octanol–water partition coefficient (Wildman–Crippen LogP) is -0.172. The molecule has 1 heterocycles. The van der Waals surface area contributed by atoms with Gasteiger partial charge in [0, 0.05) is 12.6 Å². The van der Waals surface area contributed by atoms with Gasteiger partial charge < -0.3 is 15.2 Å². The van der Waals surface area contributed by atoms with Crippen molar-refractivity contribution < 1.29 is 19.4 Å². The third-order valence-electron chi connectivity index (χ3n) is 3.25. The van der Waals surface area contributed by atoms with Crippen LogP contribution in [0.3, 0.4) is 0 Å². The molecule has 1 amide bonds. The van der Waals surface area contributed by atoms with Gasteiger partial charge in [-0.15, -0.1) is 0 Å². The number of nitrogens with one attached hydrogen (secondary N) is 1. The fourth-order valence-electron chi connectivity index (χ4n) is 2.29. The maximum atomic E-state index is 11.8. The summed E-state index contributed by atoms with van der Waals surface area (Å²) in [5, 5.41) is 20.2. The Kier molecular flexibility index (Phi) is 6.98. The van der Waals surface area contributed by atoms with Crippen LogP contribution in [-0.2, 0) is 14.3 Å².